The maximum absolute atomic E-state index is 12.0. The molecule has 0 spiro atoms. The summed E-state index contributed by atoms with van der Waals surface area (Å²) < 4.78 is 16.0. The molecule has 128 valence electrons. The SMILES string of the molecule is CCOc1c(Cl)cc(/C=C/C(=O)N[C@@H](C)c2ccco2)cc1OC. The summed E-state index contributed by atoms with van der Waals surface area (Å²) in [6.45, 7) is 4.20. The van der Waals surface area contributed by atoms with Crippen molar-refractivity contribution in [2.45, 2.75) is 19.9 Å². The first kappa shape index (κ1) is 17.9. The molecule has 0 radical (unpaired) electrons. The number of halogens is 1. The molecule has 5 nitrogen and oxygen atoms in total. The lowest BCUT2D eigenvalue weighted by Crippen LogP contribution is -2.24. The molecular formula is C18H20ClNO4. The van der Waals surface area contributed by atoms with Gasteiger partial charge in [0.2, 0.25) is 5.91 Å². The zero-order valence-corrected chi connectivity index (χ0v) is 14.6. The summed E-state index contributed by atoms with van der Waals surface area (Å²) in [6, 6.07) is 6.86. The van der Waals surface area contributed by atoms with Gasteiger partial charge in [0.05, 0.1) is 31.0 Å². The summed E-state index contributed by atoms with van der Waals surface area (Å²) in [5.74, 6) is 1.48. The van der Waals surface area contributed by atoms with Crippen LogP contribution in [0.25, 0.3) is 6.08 Å². The Hall–Kier alpha value is -2.40. The molecule has 0 aliphatic rings. The second-order valence-corrected chi connectivity index (χ2v) is 5.45. The van der Waals surface area contributed by atoms with Crippen LogP contribution >= 0.6 is 11.6 Å². The molecule has 1 atom stereocenters. The average molecular weight is 350 g/mol. The lowest BCUT2D eigenvalue weighted by Gasteiger charge is -2.12. The lowest BCUT2D eigenvalue weighted by atomic mass is 10.1. The minimum absolute atomic E-state index is 0.212. The molecule has 0 aliphatic heterocycles. The number of benzene rings is 1. The van der Waals surface area contributed by atoms with E-state index in [1.807, 2.05) is 19.9 Å². The Balaban J connectivity index is 2.08. The van der Waals surface area contributed by atoms with Gasteiger partial charge in [-0.2, -0.15) is 0 Å². The third-order valence-electron chi connectivity index (χ3n) is 3.30. The number of methoxy groups -OCH3 is 1. The first-order chi connectivity index (χ1) is 11.5. The molecule has 24 heavy (non-hydrogen) atoms. The van der Waals surface area contributed by atoms with E-state index in [1.165, 1.54) is 6.08 Å². The van der Waals surface area contributed by atoms with Gasteiger partial charge in [-0.25, -0.2) is 0 Å². The van der Waals surface area contributed by atoms with E-state index in [-0.39, 0.29) is 11.9 Å². The third kappa shape index (κ3) is 4.55. The van der Waals surface area contributed by atoms with Gasteiger partial charge in [0.15, 0.2) is 11.5 Å². The minimum Gasteiger partial charge on any atom is -0.493 e. The van der Waals surface area contributed by atoms with E-state index in [0.29, 0.717) is 28.9 Å². The lowest BCUT2D eigenvalue weighted by molar-refractivity contribution is -0.117. The van der Waals surface area contributed by atoms with Gasteiger partial charge in [0, 0.05) is 6.08 Å². The van der Waals surface area contributed by atoms with Crippen LogP contribution < -0.4 is 14.8 Å². The molecule has 1 amide bonds. The monoisotopic (exact) mass is 349 g/mol. The van der Waals surface area contributed by atoms with Gasteiger partial charge < -0.3 is 19.2 Å². The first-order valence-corrected chi connectivity index (χ1v) is 7.95. The van der Waals surface area contributed by atoms with E-state index in [9.17, 15) is 4.79 Å². The zero-order valence-electron chi connectivity index (χ0n) is 13.8. The molecule has 6 heteroatoms. The first-order valence-electron chi connectivity index (χ1n) is 7.57. The maximum atomic E-state index is 12.0. The Morgan fingerprint density at radius 3 is 2.88 bits per heavy atom. The fourth-order valence-electron chi connectivity index (χ4n) is 2.16. The van der Waals surface area contributed by atoms with Crippen LogP contribution in [0.1, 0.15) is 31.2 Å². The molecule has 1 heterocycles. The summed E-state index contributed by atoms with van der Waals surface area (Å²) in [7, 11) is 1.54. The van der Waals surface area contributed by atoms with Crippen molar-refractivity contribution in [3.63, 3.8) is 0 Å². The normalized spacial score (nSPS) is 12.2. The maximum Gasteiger partial charge on any atom is 0.244 e. The van der Waals surface area contributed by atoms with Crippen LogP contribution in [0, 0.1) is 0 Å². The van der Waals surface area contributed by atoms with Crippen LogP contribution in [0.4, 0.5) is 0 Å². The molecule has 0 unspecified atom stereocenters. The second-order valence-electron chi connectivity index (χ2n) is 5.05. The largest absolute Gasteiger partial charge is 0.493 e. The molecule has 0 saturated carbocycles. The summed E-state index contributed by atoms with van der Waals surface area (Å²) in [5.41, 5.74) is 0.737. The van der Waals surface area contributed by atoms with Gasteiger partial charge in [0.1, 0.15) is 5.76 Å². The minimum atomic E-state index is -0.233. The second kappa shape index (κ2) is 8.45. The van der Waals surface area contributed by atoms with Gasteiger partial charge in [-0.15, -0.1) is 0 Å². The molecule has 2 rings (SSSR count). The van der Waals surface area contributed by atoms with Crippen LogP contribution in [0.15, 0.2) is 41.0 Å². The van der Waals surface area contributed by atoms with Crippen molar-refractivity contribution in [3.8, 4) is 11.5 Å². The highest BCUT2D eigenvalue weighted by atomic mass is 35.5. The smallest absolute Gasteiger partial charge is 0.244 e. The molecule has 1 N–H and O–H groups in total. The molecule has 1 aromatic heterocycles. The number of hydrogen-bond acceptors (Lipinski definition) is 4. The van der Waals surface area contributed by atoms with Crippen molar-refractivity contribution in [1.82, 2.24) is 5.32 Å². The van der Waals surface area contributed by atoms with Crippen LogP contribution in [0.5, 0.6) is 11.5 Å². The number of rotatable bonds is 7. The standard InChI is InChI=1S/C18H20ClNO4/c1-4-23-18-14(19)10-13(11-16(18)22-3)7-8-17(21)20-12(2)15-6-5-9-24-15/h5-12H,4H2,1-3H3,(H,20,21)/b8-7+/t12-/m0/s1. The Morgan fingerprint density at radius 1 is 1.46 bits per heavy atom. The fraction of sp³-hybridized carbons (Fsp3) is 0.278. The van der Waals surface area contributed by atoms with Gasteiger partial charge in [-0.1, -0.05) is 11.6 Å². The van der Waals surface area contributed by atoms with E-state index >= 15 is 0 Å². The number of carbonyl (C=O) groups is 1. The number of carbonyl (C=O) groups excluding carboxylic acids is 1. The Kier molecular flexibility index (Phi) is 6.32. The topological polar surface area (TPSA) is 60.7 Å². The highest BCUT2D eigenvalue weighted by Crippen LogP contribution is 2.36. The Bertz CT molecular complexity index is 710. The number of nitrogens with one attached hydrogen (secondary N) is 1. The van der Waals surface area contributed by atoms with Crippen molar-refractivity contribution in [2.75, 3.05) is 13.7 Å². The van der Waals surface area contributed by atoms with Crippen molar-refractivity contribution in [2.24, 2.45) is 0 Å². The predicted octanol–water partition coefficient (Wildman–Crippen LogP) is 4.23. The highest BCUT2D eigenvalue weighted by molar-refractivity contribution is 6.32. The molecule has 0 bridgehead atoms. The van der Waals surface area contributed by atoms with Gasteiger partial charge in [-0.3, -0.25) is 4.79 Å². The quantitative estimate of drug-likeness (QED) is 0.760. The van der Waals surface area contributed by atoms with E-state index in [4.69, 9.17) is 25.5 Å². The third-order valence-corrected chi connectivity index (χ3v) is 3.58. The summed E-state index contributed by atoms with van der Waals surface area (Å²) >= 11 is 6.21. The summed E-state index contributed by atoms with van der Waals surface area (Å²) in [6.07, 6.45) is 4.67. The van der Waals surface area contributed by atoms with E-state index in [2.05, 4.69) is 5.32 Å². The van der Waals surface area contributed by atoms with E-state index in [1.54, 1.807) is 37.6 Å². The Labute approximate surface area is 146 Å². The van der Waals surface area contributed by atoms with E-state index < -0.39 is 0 Å². The van der Waals surface area contributed by atoms with E-state index in [0.717, 1.165) is 5.56 Å². The molecule has 1 aromatic carbocycles. The van der Waals surface area contributed by atoms with Crippen molar-refractivity contribution >= 4 is 23.6 Å². The van der Waals surface area contributed by atoms with Gasteiger partial charge in [0.25, 0.3) is 0 Å². The highest BCUT2D eigenvalue weighted by Gasteiger charge is 2.12. The number of furan rings is 1. The van der Waals surface area contributed by atoms with Gasteiger partial charge >= 0.3 is 0 Å². The number of ether oxygens (including phenoxy) is 2. The molecular weight excluding hydrogens is 330 g/mol. The van der Waals surface area contributed by atoms with Crippen molar-refractivity contribution < 1.29 is 18.7 Å². The summed E-state index contributed by atoms with van der Waals surface area (Å²) in [5, 5.41) is 3.25. The predicted molar refractivity (Wildman–Crippen MR) is 93.5 cm³/mol. The van der Waals surface area contributed by atoms with Crippen molar-refractivity contribution in [1.29, 1.82) is 0 Å². The zero-order chi connectivity index (χ0) is 17.5. The fourth-order valence-corrected chi connectivity index (χ4v) is 2.44. The van der Waals surface area contributed by atoms with Crippen LogP contribution in [0.3, 0.4) is 0 Å². The number of hydrogen-bond donors (Lipinski definition) is 1. The number of amides is 1. The van der Waals surface area contributed by atoms with Crippen molar-refractivity contribution in [3.05, 3.63) is 53.0 Å². The van der Waals surface area contributed by atoms with Crippen LogP contribution in [-0.2, 0) is 4.79 Å². The Morgan fingerprint density at radius 2 is 2.25 bits per heavy atom. The average Bonchev–Trinajstić information content (AvgIpc) is 3.09. The molecule has 0 saturated heterocycles. The molecule has 0 aliphatic carbocycles. The molecule has 2 aromatic rings. The van der Waals surface area contributed by atoms with Crippen LogP contribution in [-0.4, -0.2) is 19.6 Å². The van der Waals surface area contributed by atoms with Crippen LogP contribution in [0.2, 0.25) is 5.02 Å². The summed E-state index contributed by atoms with van der Waals surface area (Å²) in [4.78, 5) is 12.0. The molecule has 0 fully saturated rings. The van der Waals surface area contributed by atoms with Gasteiger partial charge in [-0.05, 0) is 49.8 Å².